The Labute approximate surface area is 96.2 Å². The van der Waals surface area contributed by atoms with E-state index < -0.39 is 28.8 Å². The maximum Gasteiger partial charge on any atom is 0.280 e. The van der Waals surface area contributed by atoms with Crippen LogP contribution in [0.15, 0.2) is 6.07 Å². The first kappa shape index (κ1) is 11.6. The number of halogens is 4. The van der Waals surface area contributed by atoms with Crippen molar-refractivity contribution >= 4 is 39.4 Å². The van der Waals surface area contributed by atoms with Crippen LogP contribution in [0, 0.1) is 3.57 Å². The monoisotopic (exact) mass is 333 g/mol. The first-order chi connectivity index (χ1) is 6.43. The van der Waals surface area contributed by atoms with Crippen LogP contribution in [0.2, 0.25) is 0 Å². The van der Waals surface area contributed by atoms with Crippen LogP contribution in [0.1, 0.15) is 22.6 Å². The first-order valence-electron chi connectivity index (χ1n) is 3.31. The Morgan fingerprint density at radius 3 is 2.64 bits per heavy atom. The first-order valence-corrected chi connectivity index (χ1v) is 4.76. The van der Waals surface area contributed by atoms with E-state index in [1.807, 2.05) is 0 Å². The molecule has 0 fully saturated rings. The standard InChI is InChI=1S/C7H3ClF2INO2/c8-6(14)4-5(13)2(11)1-3(12-4)7(9)10/h1,7,13H. The molecule has 0 unspecified atom stereocenters. The number of carbonyl (C=O) groups is 1. The summed E-state index contributed by atoms with van der Waals surface area (Å²) in [5, 5.41) is 8.19. The Morgan fingerprint density at radius 1 is 1.64 bits per heavy atom. The Balaban J connectivity index is 3.35. The topological polar surface area (TPSA) is 50.2 Å². The number of carbonyl (C=O) groups excluding carboxylic acids is 1. The molecule has 0 saturated carbocycles. The maximum absolute atomic E-state index is 12.2. The molecule has 0 aliphatic heterocycles. The van der Waals surface area contributed by atoms with Crippen LogP contribution in [0.25, 0.3) is 0 Å². The lowest BCUT2D eigenvalue weighted by molar-refractivity contribution is 0.107. The molecule has 0 aromatic carbocycles. The molecule has 0 saturated heterocycles. The number of aromatic hydroxyl groups is 1. The van der Waals surface area contributed by atoms with Crippen molar-refractivity contribution in [1.29, 1.82) is 0 Å². The van der Waals surface area contributed by atoms with E-state index in [1.165, 1.54) is 0 Å². The highest BCUT2D eigenvalue weighted by molar-refractivity contribution is 14.1. The number of hydrogen-bond acceptors (Lipinski definition) is 3. The van der Waals surface area contributed by atoms with Crippen LogP contribution >= 0.6 is 34.2 Å². The normalized spacial score (nSPS) is 10.6. The average molecular weight is 333 g/mol. The molecule has 0 amide bonds. The highest BCUT2D eigenvalue weighted by atomic mass is 127. The van der Waals surface area contributed by atoms with Crippen LogP contribution in [0.4, 0.5) is 8.78 Å². The lowest BCUT2D eigenvalue weighted by Crippen LogP contribution is -2.01. The van der Waals surface area contributed by atoms with Crippen molar-refractivity contribution in [3.63, 3.8) is 0 Å². The van der Waals surface area contributed by atoms with E-state index >= 15 is 0 Å². The highest BCUT2D eigenvalue weighted by Gasteiger charge is 2.19. The number of rotatable bonds is 2. The van der Waals surface area contributed by atoms with Gasteiger partial charge in [0.05, 0.1) is 3.57 Å². The van der Waals surface area contributed by atoms with Crippen LogP contribution in [0.5, 0.6) is 5.75 Å². The summed E-state index contributed by atoms with van der Waals surface area (Å²) < 4.78 is 24.5. The molecule has 0 aliphatic rings. The minimum atomic E-state index is -2.81. The highest BCUT2D eigenvalue weighted by Crippen LogP contribution is 2.28. The van der Waals surface area contributed by atoms with Gasteiger partial charge in [-0.2, -0.15) is 0 Å². The second-order valence-electron chi connectivity index (χ2n) is 2.30. The summed E-state index contributed by atoms with van der Waals surface area (Å²) in [6.45, 7) is 0. The van der Waals surface area contributed by atoms with E-state index in [2.05, 4.69) is 4.98 Å². The Bertz CT molecular complexity index is 386. The Kier molecular flexibility index (Phi) is 3.59. The number of nitrogens with zero attached hydrogens (tertiary/aromatic N) is 1. The molecule has 1 N–H and O–H groups in total. The van der Waals surface area contributed by atoms with Crippen LogP contribution in [0.3, 0.4) is 0 Å². The molecule has 0 atom stereocenters. The second kappa shape index (κ2) is 4.35. The third kappa shape index (κ3) is 2.30. The fourth-order valence-electron chi connectivity index (χ4n) is 0.774. The van der Waals surface area contributed by atoms with Crippen LogP contribution in [-0.2, 0) is 0 Å². The van der Waals surface area contributed by atoms with Crippen molar-refractivity contribution in [2.24, 2.45) is 0 Å². The largest absolute Gasteiger partial charge is 0.504 e. The third-order valence-electron chi connectivity index (χ3n) is 1.38. The molecule has 1 rings (SSSR count). The smallest absolute Gasteiger partial charge is 0.280 e. The molecular weight excluding hydrogens is 330 g/mol. The lowest BCUT2D eigenvalue weighted by atomic mass is 10.3. The molecule has 1 aromatic heterocycles. The van der Waals surface area contributed by atoms with Gasteiger partial charge in [-0.1, -0.05) is 0 Å². The zero-order valence-corrected chi connectivity index (χ0v) is 9.38. The summed E-state index contributed by atoms with van der Waals surface area (Å²) >= 11 is 6.66. The fourth-order valence-corrected chi connectivity index (χ4v) is 1.48. The summed E-state index contributed by atoms with van der Waals surface area (Å²) in [5.74, 6) is -0.477. The van der Waals surface area contributed by atoms with Crippen molar-refractivity contribution in [2.45, 2.75) is 6.43 Å². The quantitative estimate of drug-likeness (QED) is 0.669. The molecule has 76 valence electrons. The van der Waals surface area contributed by atoms with E-state index in [-0.39, 0.29) is 3.57 Å². The molecule has 0 aliphatic carbocycles. The molecule has 3 nitrogen and oxygen atoms in total. The summed E-state index contributed by atoms with van der Waals surface area (Å²) in [5.41, 5.74) is -1.13. The van der Waals surface area contributed by atoms with Gasteiger partial charge in [0.2, 0.25) is 0 Å². The molecule has 1 heterocycles. The summed E-state index contributed by atoms with van der Waals surface area (Å²) in [6, 6.07) is 0.990. The Morgan fingerprint density at radius 2 is 2.21 bits per heavy atom. The fraction of sp³-hybridized carbons (Fsp3) is 0.143. The van der Waals surface area contributed by atoms with Gasteiger partial charge in [-0.25, -0.2) is 13.8 Å². The summed E-state index contributed by atoms with van der Waals surface area (Å²) in [6.07, 6.45) is -2.81. The van der Waals surface area contributed by atoms with Crippen LogP contribution < -0.4 is 0 Å². The predicted molar refractivity (Wildman–Crippen MR) is 53.8 cm³/mol. The van der Waals surface area contributed by atoms with E-state index in [0.717, 1.165) is 6.07 Å². The zero-order valence-electron chi connectivity index (χ0n) is 6.47. The number of alkyl halides is 2. The van der Waals surface area contributed by atoms with Gasteiger partial charge in [-0.3, -0.25) is 4.79 Å². The number of aromatic nitrogens is 1. The van der Waals surface area contributed by atoms with Crippen molar-refractivity contribution < 1.29 is 18.7 Å². The van der Waals surface area contributed by atoms with E-state index in [1.54, 1.807) is 22.6 Å². The number of hydrogen-bond donors (Lipinski definition) is 1. The van der Waals surface area contributed by atoms with Gasteiger partial charge < -0.3 is 5.11 Å². The van der Waals surface area contributed by atoms with E-state index in [4.69, 9.17) is 11.6 Å². The molecule has 0 bridgehead atoms. The van der Waals surface area contributed by atoms with Crippen molar-refractivity contribution in [3.05, 3.63) is 21.0 Å². The average Bonchev–Trinajstić information content (AvgIpc) is 2.08. The zero-order chi connectivity index (χ0) is 10.9. The van der Waals surface area contributed by atoms with Crippen molar-refractivity contribution in [1.82, 2.24) is 4.98 Å². The van der Waals surface area contributed by atoms with E-state index in [0.29, 0.717) is 0 Å². The summed E-state index contributed by atoms with van der Waals surface area (Å²) in [4.78, 5) is 13.9. The molecule has 0 spiro atoms. The predicted octanol–water partition coefficient (Wildman–Crippen LogP) is 2.71. The SMILES string of the molecule is O=C(Cl)c1nc(C(F)F)cc(I)c1O. The van der Waals surface area contributed by atoms with Gasteiger partial charge in [-0.05, 0) is 40.3 Å². The summed E-state index contributed by atoms with van der Waals surface area (Å²) in [7, 11) is 0. The van der Waals surface area contributed by atoms with E-state index in [9.17, 15) is 18.7 Å². The molecule has 14 heavy (non-hydrogen) atoms. The minimum Gasteiger partial charge on any atom is -0.504 e. The minimum absolute atomic E-state index is 0.108. The maximum atomic E-state index is 12.2. The third-order valence-corrected chi connectivity index (χ3v) is 2.38. The molecule has 1 aromatic rings. The van der Waals surface area contributed by atoms with Gasteiger partial charge in [0.1, 0.15) is 5.69 Å². The van der Waals surface area contributed by atoms with Gasteiger partial charge >= 0.3 is 0 Å². The Hall–Kier alpha value is -0.500. The van der Waals surface area contributed by atoms with Gasteiger partial charge in [0, 0.05) is 0 Å². The molecule has 0 radical (unpaired) electrons. The second-order valence-corrected chi connectivity index (χ2v) is 3.81. The van der Waals surface area contributed by atoms with Gasteiger partial charge in [0.15, 0.2) is 11.4 Å². The van der Waals surface area contributed by atoms with Crippen LogP contribution in [-0.4, -0.2) is 15.3 Å². The molecular formula is C7H3ClF2INO2. The van der Waals surface area contributed by atoms with Crippen molar-refractivity contribution in [3.8, 4) is 5.75 Å². The van der Waals surface area contributed by atoms with Crippen molar-refractivity contribution in [2.75, 3.05) is 0 Å². The lowest BCUT2D eigenvalue weighted by Gasteiger charge is -2.04. The number of pyridine rings is 1. The van der Waals surface area contributed by atoms with Gasteiger partial charge in [0.25, 0.3) is 11.7 Å². The van der Waals surface area contributed by atoms with Gasteiger partial charge in [-0.15, -0.1) is 0 Å². The molecule has 7 heteroatoms.